The topological polar surface area (TPSA) is 392 Å². The number of phenolic OH excluding ortho intramolecular Hbond substituents is 2. The van der Waals surface area contributed by atoms with Gasteiger partial charge in [-0.25, -0.2) is 34.5 Å². The van der Waals surface area contributed by atoms with Gasteiger partial charge in [0.15, 0.2) is 23.0 Å². The first-order valence-corrected chi connectivity index (χ1v) is 39.1. The maximum atomic E-state index is 13.1. The number of nitrogens with zero attached hydrogens (tertiary/aromatic N) is 7. The third kappa shape index (κ3) is 26.1. The number of nitrogens with two attached hydrogens (primary N) is 1. The van der Waals surface area contributed by atoms with E-state index in [4.69, 9.17) is 79.2 Å². The number of pyridine rings is 5. The van der Waals surface area contributed by atoms with Gasteiger partial charge < -0.3 is 79.4 Å². The van der Waals surface area contributed by atoms with Crippen LogP contribution in [0.3, 0.4) is 0 Å². The number of ketones is 1. The highest BCUT2D eigenvalue weighted by atomic mass is 79.9. The molecule has 3 aliphatic heterocycles. The summed E-state index contributed by atoms with van der Waals surface area (Å²) in [5.74, 6) is 2.52. The maximum absolute atomic E-state index is 13.1. The van der Waals surface area contributed by atoms with Crippen molar-refractivity contribution < 1.29 is 91.6 Å². The number of halogens is 4. The van der Waals surface area contributed by atoms with E-state index in [1.165, 1.54) is 38.7 Å². The average Bonchev–Trinajstić information content (AvgIpc) is 1.60. The lowest BCUT2D eigenvalue weighted by molar-refractivity contribution is 0.0591. The lowest BCUT2D eigenvalue weighted by atomic mass is 10.1. The SMILES string of the molecule is C.COC(=O)c1ccc(OCCBr)cc1.COC(=O)c1ccc(OCCN2C(=O)c3cccnc3Oc3ccccc32)cc1.Nc1ccccc1O.O=C(CO)c1ccc(OCCN2C(=O)c3cccnc3Oc3ccccc32)cc1.O=C(Cl)c1cccnc1Cl.O=C(Nc1ccccc1O)c1cccnc1Cl.O=C1Nc2ccccc2Oc2ncccc21. The highest BCUT2D eigenvalue weighted by Gasteiger charge is 2.31. The van der Waals surface area contributed by atoms with Gasteiger partial charge in [0.1, 0.15) is 75.6 Å². The van der Waals surface area contributed by atoms with Crippen LogP contribution in [0, 0.1) is 0 Å². The molecular weight excluding hydrogens is 1720 g/mol. The Kier molecular flexibility index (Phi) is 35.5. The number of carbonyl (C=O) groups excluding carboxylic acids is 8. The highest BCUT2D eigenvalue weighted by Crippen LogP contribution is 2.40. The summed E-state index contributed by atoms with van der Waals surface area (Å²) in [6, 6.07) is 71.4. The molecule has 0 saturated heterocycles. The van der Waals surface area contributed by atoms with Gasteiger partial charge in [0.2, 0.25) is 17.6 Å². The summed E-state index contributed by atoms with van der Waals surface area (Å²) in [5, 5.41) is 33.0. The Labute approximate surface area is 734 Å². The number of fused-ring (bicyclic) bond motifs is 6. The number of hydrogen-bond acceptors (Lipinski definition) is 25. The monoisotopic (exact) mass is 1800 g/mol. The van der Waals surface area contributed by atoms with Gasteiger partial charge in [-0.2, -0.15) is 0 Å². The van der Waals surface area contributed by atoms with E-state index in [-0.39, 0.29) is 94.8 Å². The Morgan fingerprint density at radius 3 is 1.30 bits per heavy atom. The van der Waals surface area contributed by atoms with Crippen molar-refractivity contribution in [1.82, 2.24) is 24.9 Å². The minimum absolute atomic E-state index is 0. The third-order valence-electron chi connectivity index (χ3n) is 17.0. The van der Waals surface area contributed by atoms with Crippen LogP contribution in [0.15, 0.2) is 286 Å². The largest absolute Gasteiger partial charge is 0.506 e. The minimum atomic E-state index is -0.585. The predicted molar refractivity (Wildman–Crippen MR) is 471 cm³/mol. The number of amides is 4. The van der Waals surface area contributed by atoms with Crippen LogP contribution in [0.5, 0.6) is 63.6 Å². The number of benzene rings is 8. The molecule has 0 spiro atoms. The molecule has 124 heavy (non-hydrogen) atoms. The first-order valence-electron chi connectivity index (χ1n) is 36.9. The molecular formula is C91H78BrCl3N10O19. The predicted octanol–water partition coefficient (Wildman–Crippen LogP) is 17.9. The fourth-order valence-electron chi connectivity index (χ4n) is 11.0. The number of hydrogen-bond donors (Lipinski definition) is 6. The number of ether oxygens (including phenoxy) is 8. The number of nitrogens with one attached hydrogen (secondary N) is 2. The summed E-state index contributed by atoms with van der Waals surface area (Å²) in [5.41, 5.74) is 11.1. The first kappa shape index (κ1) is 93.1. The molecule has 0 aliphatic carbocycles. The lowest BCUT2D eigenvalue weighted by Crippen LogP contribution is -2.34. The number of para-hydroxylation sites is 10. The van der Waals surface area contributed by atoms with Crippen molar-refractivity contribution in [2.75, 3.05) is 85.2 Å². The molecule has 634 valence electrons. The molecule has 8 aromatic carbocycles. The second-order valence-corrected chi connectivity index (χ2v) is 26.9. The normalized spacial score (nSPS) is 11.2. The number of alkyl halides is 1. The van der Waals surface area contributed by atoms with Gasteiger partial charge in [0, 0.05) is 41.9 Å². The van der Waals surface area contributed by atoms with Gasteiger partial charge in [-0.3, -0.25) is 28.8 Å². The molecule has 0 fully saturated rings. The first-order chi connectivity index (χ1) is 59.7. The Balaban J connectivity index is 0.000000171. The van der Waals surface area contributed by atoms with Gasteiger partial charge in [0.25, 0.3) is 28.9 Å². The van der Waals surface area contributed by atoms with Gasteiger partial charge in [-0.05, 0) is 206 Å². The number of carbonyl (C=O) groups is 8. The van der Waals surface area contributed by atoms with Crippen molar-refractivity contribution in [3.8, 4) is 63.6 Å². The number of phenols is 2. The van der Waals surface area contributed by atoms with E-state index in [1.807, 2.05) is 48.5 Å². The molecule has 29 nitrogen and oxygen atoms in total. The molecule has 4 amide bonds. The number of rotatable bonds is 18. The number of aromatic nitrogens is 5. The van der Waals surface area contributed by atoms with E-state index < -0.39 is 23.7 Å². The summed E-state index contributed by atoms with van der Waals surface area (Å²) in [4.78, 5) is 118. The Bertz CT molecular complexity index is 5660. The van der Waals surface area contributed by atoms with Gasteiger partial charge in [-0.15, -0.1) is 0 Å². The minimum Gasteiger partial charge on any atom is -0.506 e. The fraction of sp³-hybridized carbons (Fsp3) is 0.110. The second kappa shape index (κ2) is 47.2. The maximum Gasteiger partial charge on any atom is 0.337 e. The average molecular weight is 1800 g/mol. The quantitative estimate of drug-likeness (QED) is 0.00883. The van der Waals surface area contributed by atoms with Crippen molar-refractivity contribution in [3.63, 3.8) is 0 Å². The van der Waals surface area contributed by atoms with Crippen molar-refractivity contribution in [1.29, 1.82) is 0 Å². The summed E-state index contributed by atoms with van der Waals surface area (Å²) in [6.07, 6.45) is 7.76. The molecule has 3 aliphatic rings. The zero-order chi connectivity index (χ0) is 87.6. The fourth-order valence-corrected chi connectivity index (χ4v) is 11.8. The molecule has 33 heteroatoms. The second-order valence-electron chi connectivity index (χ2n) is 25.0. The van der Waals surface area contributed by atoms with Gasteiger partial charge >= 0.3 is 11.9 Å². The number of anilines is 5. The standard InChI is InChI=1S/2C22H18N2O5.C12H9ClN2O2.C12H8N2O2.C10H11BrO3.C6H3Cl2NO.C6H7NO.CH4/c1-27-22(26)15-8-10-16(11-9-15)28-14-13-24-18-6-2-3-7-19(18)29-20-17(21(24)25)5-4-12-23-20;25-14-19(26)15-7-9-16(10-8-15)28-13-12-24-18-5-1-2-6-20(18)29-21-17(22(24)27)4-3-11-23-21;13-11-8(4-3-7-14-11)12(17)15-9-5-1-2-6-10(9)16;15-11-8-4-3-7-13-12(8)16-10-6-2-1-5-9(10)14-11;1-13-10(12)8-2-4-9(5-3-8)14-7-6-11;7-5-4(6(8)10)2-1-3-9-5;7-5-3-1-2-4-6(5)8;/h2-12H,13-14H2,1H3;1-11,25H,12-14H2;1-7,16H,(H,15,17);1-7H,(H,14,15);2-5H,6-7H2,1H3;1-3H;1-4,8H,7H2;1H4. The van der Waals surface area contributed by atoms with Gasteiger partial charge in [0.05, 0.1) is 84.6 Å². The van der Waals surface area contributed by atoms with Crippen molar-refractivity contribution in [2.24, 2.45) is 0 Å². The molecule has 0 radical (unpaired) electrons. The van der Waals surface area contributed by atoms with Crippen LogP contribution >= 0.6 is 50.7 Å². The Morgan fingerprint density at radius 1 is 0.468 bits per heavy atom. The van der Waals surface area contributed by atoms with Gasteiger partial charge in [-0.1, -0.05) is 107 Å². The number of aliphatic hydroxyl groups is 1. The lowest BCUT2D eigenvalue weighted by Gasteiger charge is -2.22. The Hall–Kier alpha value is -14.8. The van der Waals surface area contributed by atoms with E-state index in [1.54, 1.807) is 223 Å². The zero-order valence-electron chi connectivity index (χ0n) is 65.2. The van der Waals surface area contributed by atoms with Crippen LogP contribution in [-0.4, -0.2) is 146 Å². The Morgan fingerprint density at radius 2 is 0.863 bits per heavy atom. The molecule has 0 unspecified atom stereocenters. The molecule has 0 atom stereocenters. The van der Waals surface area contributed by atoms with Crippen molar-refractivity contribution in [3.05, 3.63) is 341 Å². The molecule has 0 bridgehead atoms. The van der Waals surface area contributed by atoms with E-state index in [9.17, 15) is 43.5 Å². The highest BCUT2D eigenvalue weighted by molar-refractivity contribution is 9.09. The molecule has 13 aromatic rings. The molecule has 5 aromatic heterocycles. The van der Waals surface area contributed by atoms with Crippen LogP contribution < -0.4 is 54.6 Å². The number of esters is 2. The van der Waals surface area contributed by atoms with Crippen LogP contribution in [0.4, 0.5) is 28.4 Å². The molecule has 7 N–H and O–H groups in total. The van der Waals surface area contributed by atoms with E-state index in [0.717, 1.165) is 11.1 Å². The van der Waals surface area contributed by atoms with E-state index in [2.05, 4.69) is 61.0 Å². The smallest absolute Gasteiger partial charge is 0.337 e. The number of nitrogen functional groups attached to an aromatic ring is 1. The summed E-state index contributed by atoms with van der Waals surface area (Å²) < 4.78 is 43.4. The van der Waals surface area contributed by atoms with Crippen LogP contribution in [0.2, 0.25) is 10.3 Å². The number of methoxy groups -OCH3 is 2. The summed E-state index contributed by atoms with van der Waals surface area (Å²) in [6.45, 7) is 1.18. The molecule has 8 heterocycles. The van der Waals surface area contributed by atoms with Crippen LogP contribution in [-0.2, 0) is 9.47 Å². The number of aliphatic hydroxyl groups excluding tert-OH is 1. The zero-order valence-corrected chi connectivity index (χ0v) is 69.0. The molecule has 16 rings (SSSR count). The van der Waals surface area contributed by atoms with Crippen LogP contribution in [0.1, 0.15) is 90.3 Å². The van der Waals surface area contributed by atoms with E-state index >= 15 is 0 Å². The summed E-state index contributed by atoms with van der Waals surface area (Å²) in [7, 11) is 2.69. The summed E-state index contributed by atoms with van der Waals surface area (Å²) >= 11 is 19.7. The van der Waals surface area contributed by atoms with Crippen molar-refractivity contribution >= 4 is 126 Å². The van der Waals surface area contributed by atoms with Crippen LogP contribution in [0.25, 0.3) is 0 Å². The van der Waals surface area contributed by atoms with Crippen molar-refractivity contribution in [2.45, 2.75) is 7.43 Å². The number of Topliss-reactive ketones (excluding diaryl/α,β-unsaturated/α-hetero) is 1. The third-order valence-corrected chi connectivity index (χ3v) is 18.2. The molecule has 0 saturated carbocycles. The van der Waals surface area contributed by atoms with E-state index in [0.29, 0.717) is 116 Å². The number of aromatic hydroxyl groups is 2.